The second kappa shape index (κ2) is 13.9. The van der Waals surface area contributed by atoms with Gasteiger partial charge in [0.1, 0.15) is 10.2 Å². The van der Waals surface area contributed by atoms with Gasteiger partial charge in [-0.05, 0) is 58.5 Å². The molecule has 0 amide bonds. The van der Waals surface area contributed by atoms with Gasteiger partial charge in [0.25, 0.3) is 0 Å². The summed E-state index contributed by atoms with van der Waals surface area (Å²) in [5, 5.41) is 0. The maximum absolute atomic E-state index is 6.50. The van der Waals surface area contributed by atoms with E-state index in [0.717, 1.165) is 38.5 Å². The van der Waals surface area contributed by atoms with Gasteiger partial charge in [0.05, 0.1) is 0 Å². The minimum Gasteiger partial charge on any atom is -0.394 e. The highest BCUT2D eigenvalue weighted by Crippen LogP contribution is 2.28. The number of hydrogen-bond acceptors (Lipinski definition) is 6. The summed E-state index contributed by atoms with van der Waals surface area (Å²) in [5.74, 6) is 0. The van der Waals surface area contributed by atoms with Gasteiger partial charge in [0.2, 0.25) is 5.60 Å². The first-order chi connectivity index (χ1) is 13.3. The summed E-state index contributed by atoms with van der Waals surface area (Å²) >= 11 is 0. The zero-order valence-electron chi connectivity index (χ0n) is 20.8. The highest BCUT2D eigenvalue weighted by atomic mass is 28.4. The van der Waals surface area contributed by atoms with Crippen LogP contribution in [0.3, 0.4) is 0 Å². The Labute approximate surface area is 186 Å². The second-order valence-electron chi connectivity index (χ2n) is 8.97. The van der Waals surface area contributed by atoms with Crippen molar-refractivity contribution in [2.24, 2.45) is 0 Å². The van der Waals surface area contributed by atoms with E-state index in [1.807, 2.05) is 0 Å². The van der Waals surface area contributed by atoms with Crippen molar-refractivity contribution in [2.75, 3.05) is 19.8 Å². The molecule has 0 aromatic rings. The van der Waals surface area contributed by atoms with Gasteiger partial charge >= 0.3 is 25.7 Å². The van der Waals surface area contributed by atoms with Crippen LogP contribution < -0.4 is 0 Å². The molecule has 0 aliphatic carbocycles. The molecular weight excluding hydrogens is 437 g/mol. The Morgan fingerprint density at radius 3 is 1.00 bits per heavy atom. The molecule has 0 saturated carbocycles. The molecule has 0 saturated heterocycles. The first-order valence-corrected chi connectivity index (χ1v) is 20.8. The molecule has 29 heavy (non-hydrogen) atoms. The molecule has 0 aliphatic rings. The third-order valence-corrected chi connectivity index (χ3v) is 11.3. The summed E-state index contributed by atoms with van der Waals surface area (Å²) in [4.78, 5) is 0. The maximum atomic E-state index is 6.50. The van der Waals surface area contributed by atoms with Crippen molar-refractivity contribution in [3.05, 3.63) is 0 Å². The van der Waals surface area contributed by atoms with Crippen molar-refractivity contribution in [3.8, 4) is 0 Å². The van der Waals surface area contributed by atoms with Gasteiger partial charge in [-0.2, -0.15) is 0 Å². The molecule has 0 rings (SSSR count). The molecule has 0 atom stereocenters. The van der Waals surface area contributed by atoms with Crippen molar-refractivity contribution >= 4 is 35.9 Å². The average molecular weight is 485 g/mol. The maximum Gasteiger partial charge on any atom is 0.335 e. The summed E-state index contributed by atoms with van der Waals surface area (Å²) in [5.41, 5.74) is -1.11. The van der Waals surface area contributed by atoms with Crippen molar-refractivity contribution in [3.63, 3.8) is 0 Å². The van der Waals surface area contributed by atoms with Crippen molar-refractivity contribution in [2.45, 2.75) is 104 Å². The number of unbranched alkanes of at least 4 members (excludes halogenated alkanes) is 3. The van der Waals surface area contributed by atoms with Gasteiger partial charge in [-0.1, -0.05) is 40.0 Å². The first-order valence-electron chi connectivity index (χ1n) is 11.3. The Morgan fingerprint density at radius 1 is 0.552 bits per heavy atom. The monoisotopic (exact) mass is 484 g/mol. The quantitative estimate of drug-likeness (QED) is 0.161. The van der Waals surface area contributed by atoms with Crippen LogP contribution in [0, 0.1) is 0 Å². The number of hydrogen-bond donors (Lipinski definition) is 0. The molecule has 0 aromatic carbocycles. The highest BCUT2D eigenvalue weighted by Gasteiger charge is 2.47. The smallest absolute Gasteiger partial charge is 0.335 e. The largest absolute Gasteiger partial charge is 0.394 e. The Balaban J connectivity index is 5.33. The van der Waals surface area contributed by atoms with Crippen LogP contribution in [0.1, 0.15) is 59.3 Å². The molecule has 0 N–H and O–H groups in total. The minimum atomic E-state index is -2.43. The van der Waals surface area contributed by atoms with E-state index < -0.39 is 31.3 Å². The molecule has 0 heterocycles. The first kappa shape index (κ1) is 29.6. The van der Waals surface area contributed by atoms with Gasteiger partial charge < -0.3 is 26.6 Å². The molecule has 0 spiro atoms. The van der Waals surface area contributed by atoms with E-state index in [9.17, 15) is 0 Å². The summed E-state index contributed by atoms with van der Waals surface area (Å²) in [6, 6.07) is 0. The van der Waals surface area contributed by atoms with Crippen LogP contribution >= 0.6 is 0 Å². The molecule has 10 heteroatoms. The minimum absolute atomic E-state index is 0.537. The van der Waals surface area contributed by atoms with Gasteiger partial charge in [-0.25, -0.2) is 0 Å². The predicted molar refractivity (Wildman–Crippen MR) is 131 cm³/mol. The van der Waals surface area contributed by atoms with Crippen molar-refractivity contribution in [1.82, 2.24) is 0 Å². The molecule has 0 bridgehead atoms. The molecule has 0 aliphatic heterocycles. The Hall–Kier alpha value is 0.628. The van der Waals surface area contributed by atoms with Crippen LogP contribution in [0.15, 0.2) is 0 Å². The molecule has 6 nitrogen and oxygen atoms in total. The van der Waals surface area contributed by atoms with Gasteiger partial charge in [-0.15, -0.1) is 0 Å². The summed E-state index contributed by atoms with van der Waals surface area (Å²) in [6.07, 6.45) is 6.36. The van der Waals surface area contributed by atoms with E-state index in [2.05, 4.69) is 60.1 Å². The molecule has 0 aromatic heterocycles. The summed E-state index contributed by atoms with van der Waals surface area (Å²) < 4.78 is 37.9. The van der Waals surface area contributed by atoms with Crippen molar-refractivity contribution in [1.29, 1.82) is 0 Å². The van der Waals surface area contributed by atoms with E-state index >= 15 is 0 Å². The van der Waals surface area contributed by atoms with E-state index in [0.29, 0.717) is 30.1 Å². The van der Waals surface area contributed by atoms with Gasteiger partial charge in [-0.3, -0.25) is 0 Å². The fourth-order valence-electron chi connectivity index (χ4n) is 2.88. The SMILES string of the molecule is CCCCO[Si](C)(C)OC([SiH3])(O[Si](C)(C)OCCCC)O[Si](C)(C)OCCCC. The fraction of sp³-hybridized carbons (Fsp3) is 1.00. The van der Waals surface area contributed by atoms with E-state index in [1.54, 1.807) is 0 Å². The van der Waals surface area contributed by atoms with Crippen molar-refractivity contribution < 1.29 is 26.6 Å². The van der Waals surface area contributed by atoms with Crippen LogP contribution in [-0.4, -0.2) is 61.3 Å². The lowest BCUT2D eigenvalue weighted by atomic mass is 10.4. The van der Waals surface area contributed by atoms with E-state index in [1.165, 1.54) is 0 Å². The van der Waals surface area contributed by atoms with Crippen LogP contribution in [0.25, 0.3) is 0 Å². The number of rotatable bonds is 18. The molecular formula is C19H48O6Si4. The lowest BCUT2D eigenvalue weighted by Crippen LogP contribution is -2.60. The van der Waals surface area contributed by atoms with Crippen LogP contribution in [0.4, 0.5) is 0 Å². The zero-order chi connectivity index (χ0) is 22.6. The summed E-state index contributed by atoms with van der Waals surface area (Å²) in [7, 11) is -6.76. The second-order valence-corrected chi connectivity index (χ2v) is 20.1. The van der Waals surface area contributed by atoms with Crippen LogP contribution in [0.5, 0.6) is 0 Å². The van der Waals surface area contributed by atoms with Crippen LogP contribution in [0.2, 0.25) is 39.3 Å². The standard InChI is InChI=1S/C19H48O6Si4/c1-10-13-16-20-27(4,5)23-19(26,24-28(6,7)21-17-14-11-2)25-29(8,9)22-18-15-12-3/h10-18H2,1-9,26H3. The fourth-order valence-corrected chi connectivity index (χ4v) is 12.6. The zero-order valence-corrected chi connectivity index (χ0v) is 25.8. The molecule has 0 unspecified atom stereocenters. The average Bonchev–Trinajstić information content (AvgIpc) is 2.52. The Kier molecular flexibility index (Phi) is 14.2. The lowest BCUT2D eigenvalue weighted by molar-refractivity contribution is -0.225. The molecule has 176 valence electrons. The normalized spacial score (nSPS) is 14.0. The Morgan fingerprint density at radius 2 is 0.793 bits per heavy atom. The van der Waals surface area contributed by atoms with E-state index in [4.69, 9.17) is 26.6 Å². The van der Waals surface area contributed by atoms with Crippen LogP contribution in [-0.2, 0) is 26.6 Å². The third kappa shape index (κ3) is 15.1. The summed E-state index contributed by atoms with van der Waals surface area (Å²) in [6.45, 7) is 20.9. The highest BCUT2D eigenvalue weighted by molar-refractivity contribution is 6.68. The molecule has 0 fully saturated rings. The Bertz CT molecular complexity index is 375. The van der Waals surface area contributed by atoms with Gasteiger partial charge in [0.15, 0.2) is 0 Å². The third-order valence-electron chi connectivity index (χ3n) is 4.14. The topological polar surface area (TPSA) is 55.4 Å². The van der Waals surface area contributed by atoms with E-state index in [-0.39, 0.29) is 0 Å². The lowest BCUT2D eigenvalue weighted by Gasteiger charge is -2.44. The molecule has 0 radical (unpaired) electrons. The van der Waals surface area contributed by atoms with Gasteiger partial charge in [0, 0.05) is 19.8 Å². The predicted octanol–water partition coefficient (Wildman–Crippen LogP) is 4.57.